The van der Waals surface area contributed by atoms with Gasteiger partial charge in [-0.25, -0.2) is 8.78 Å². The van der Waals surface area contributed by atoms with Gasteiger partial charge in [0.15, 0.2) is 11.6 Å². The Kier molecular flexibility index (Phi) is 5.43. The number of hydrogen-bond acceptors (Lipinski definition) is 3. The third-order valence-electron chi connectivity index (χ3n) is 3.66. The number of benzene rings is 1. The van der Waals surface area contributed by atoms with Crippen LogP contribution in [0.3, 0.4) is 0 Å². The standard InChI is InChI=1S/C15H18F2N2O3/c1-18-15(21)13(10-2-3-11(16)12(17)8-10)19-14(20)9-4-6-22-7-5-9/h2-3,8-9,13H,4-7H2,1H3,(H,18,21)(H,19,20). The summed E-state index contributed by atoms with van der Waals surface area (Å²) in [5.41, 5.74) is 0.193. The quantitative estimate of drug-likeness (QED) is 0.880. The van der Waals surface area contributed by atoms with E-state index in [4.69, 9.17) is 4.74 Å². The first-order chi connectivity index (χ1) is 10.5. The molecule has 1 aliphatic rings. The maximum atomic E-state index is 13.4. The first-order valence-electron chi connectivity index (χ1n) is 7.07. The molecule has 1 atom stereocenters. The average molecular weight is 312 g/mol. The molecule has 2 rings (SSSR count). The summed E-state index contributed by atoms with van der Waals surface area (Å²) in [5, 5.41) is 5.02. The molecular weight excluding hydrogens is 294 g/mol. The number of hydrogen-bond donors (Lipinski definition) is 2. The van der Waals surface area contributed by atoms with E-state index in [9.17, 15) is 18.4 Å². The first-order valence-corrected chi connectivity index (χ1v) is 7.07. The molecule has 1 aromatic carbocycles. The first kappa shape index (κ1) is 16.4. The topological polar surface area (TPSA) is 67.4 Å². The van der Waals surface area contributed by atoms with Crippen LogP contribution in [0.25, 0.3) is 0 Å². The van der Waals surface area contributed by atoms with Crippen molar-refractivity contribution in [2.24, 2.45) is 5.92 Å². The molecule has 0 aliphatic carbocycles. The minimum Gasteiger partial charge on any atom is -0.381 e. The molecule has 0 radical (unpaired) electrons. The number of rotatable bonds is 4. The highest BCUT2D eigenvalue weighted by atomic mass is 19.2. The molecule has 1 heterocycles. The maximum absolute atomic E-state index is 13.4. The van der Waals surface area contributed by atoms with E-state index >= 15 is 0 Å². The number of carbonyl (C=O) groups excluding carboxylic acids is 2. The summed E-state index contributed by atoms with van der Waals surface area (Å²) in [4.78, 5) is 24.2. The van der Waals surface area contributed by atoms with Crippen molar-refractivity contribution in [3.8, 4) is 0 Å². The predicted molar refractivity (Wildman–Crippen MR) is 74.9 cm³/mol. The van der Waals surface area contributed by atoms with Crippen molar-refractivity contribution in [2.75, 3.05) is 20.3 Å². The van der Waals surface area contributed by atoms with Crippen molar-refractivity contribution >= 4 is 11.8 Å². The van der Waals surface area contributed by atoms with Crippen molar-refractivity contribution in [3.05, 3.63) is 35.4 Å². The van der Waals surface area contributed by atoms with E-state index in [0.717, 1.165) is 12.1 Å². The monoisotopic (exact) mass is 312 g/mol. The summed E-state index contributed by atoms with van der Waals surface area (Å²) < 4.78 is 31.6. The van der Waals surface area contributed by atoms with E-state index < -0.39 is 23.6 Å². The lowest BCUT2D eigenvalue weighted by Gasteiger charge is -2.24. The van der Waals surface area contributed by atoms with Crippen molar-refractivity contribution in [2.45, 2.75) is 18.9 Å². The van der Waals surface area contributed by atoms with Gasteiger partial charge in [0.05, 0.1) is 0 Å². The van der Waals surface area contributed by atoms with Crippen LogP contribution < -0.4 is 10.6 Å². The molecule has 0 saturated carbocycles. The lowest BCUT2D eigenvalue weighted by molar-refractivity contribution is -0.133. The van der Waals surface area contributed by atoms with Gasteiger partial charge in [-0.05, 0) is 30.5 Å². The lowest BCUT2D eigenvalue weighted by atomic mass is 9.98. The molecule has 2 amide bonds. The zero-order valence-corrected chi connectivity index (χ0v) is 12.2. The molecule has 1 fully saturated rings. The number of amides is 2. The third-order valence-corrected chi connectivity index (χ3v) is 3.66. The summed E-state index contributed by atoms with van der Waals surface area (Å²) in [6.45, 7) is 0.988. The van der Waals surface area contributed by atoms with E-state index in [0.29, 0.717) is 26.1 Å². The molecule has 2 N–H and O–H groups in total. The number of likely N-dealkylation sites (N-methyl/N-ethyl adjacent to an activating group) is 1. The Hall–Kier alpha value is -2.02. The SMILES string of the molecule is CNC(=O)C(NC(=O)C1CCOCC1)c1ccc(F)c(F)c1. The van der Waals surface area contributed by atoms with Gasteiger partial charge in [-0.3, -0.25) is 9.59 Å². The largest absolute Gasteiger partial charge is 0.381 e. The molecule has 1 unspecified atom stereocenters. The summed E-state index contributed by atoms with van der Waals surface area (Å²) in [7, 11) is 1.41. The van der Waals surface area contributed by atoms with Gasteiger partial charge in [-0.15, -0.1) is 0 Å². The van der Waals surface area contributed by atoms with Crippen LogP contribution in [-0.4, -0.2) is 32.1 Å². The predicted octanol–water partition coefficient (Wildman–Crippen LogP) is 1.29. The van der Waals surface area contributed by atoms with E-state index in [1.807, 2.05) is 0 Å². The van der Waals surface area contributed by atoms with Crippen LogP contribution in [0, 0.1) is 17.6 Å². The number of carbonyl (C=O) groups is 2. The van der Waals surface area contributed by atoms with Gasteiger partial charge < -0.3 is 15.4 Å². The van der Waals surface area contributed by atoms with Crippen LogP contribution in [0.1, 0.15) is 24.4 Å². The Morgan fingerprint density at radius 1 is 1.23 bits per heavy atom. The van der Waals surface area contributed by atoms with Gasteiger partial charge in [0.25, 0.3) is 0 Å². The number of nitrogens with one attached hydrogen (secondary N) is 2. The Labute approximate surface area is 127 Å². The fourth-order valence-electron chi connectivity index (χ4n) is 2.36. The highest BCUT2D eigenvalue weighted by Crippen LogP contribution is 2.20. The van der Waals surface area contributed by atoms with Crippen LogP contribution >= 0.6 is 0 Å². The summed E-state index contributed by atoms with van der Waals surface area (Å²) in [5.74, 6) is -3.10. The highest BCUT2D eigenvalue weighted by molar-refractivity contribution is 5.89. The fourth-order valence-corrected chi connectivity index (χ4v) is 2.36. The van der Waals surface area contributed by atoms with Gasteiger partial charge in [0.1, 0.15) is 6.04 Å². The second-order valence-corrected chi connectivity index (χ2v) is 5.12. The minimum absolute atomic E-state index is 0.193. The molecule has 0 bridgehead atoms. The fraction of sp³-hybridized carbons (Fsp3) is 0.467. The van der Waals surface area contributed by atoms with E-state index in [-0.39, 0.29) is 17.4 Å². The van der Waals surface area contributed by atoms with Crippen molar-refractivity contribution < 1.29 is 23.1 Å². The second kappa shape index (κ2) is 7.31. The second-order valence-electron chi connectivity index (χ2n) is 5.12. The third kappa shape index (κ3) is 3.79. The van der Waals surface area contributed by atoms with Crippen molar-refractivity contribution in [1.82, 2.24) is 10.6 Å². The summed E-state index contributed by atoms with van der Waals surface area (Å²) >= 11 is 0. The average Bonchev–Trinajstić information content (AvgIpc) is 2.55. The minimum atomic E-state index is -1.06. The Balaban J connectivity index is 2.16. The van der Waals surface area contributed by atoms with Crippen molar-refractivity contribution in [3.63, 3.8) is 0 Å². The normalized spacial score (nSPS) is 16.9. The summed E-state index contributed by atoms with van der Waals surface area (Å²) in [6.07, 6.45) is 1.15. The van der Waals surface area contributed by atoms with Crippen LogP contribution in [0.15, 0.2) is 18.2 Å². The molecule has 1 saturated heterocycles. The molecule has 120 valence electrons. The van der Waals surface area contributed by atoms with Gasteiger partial charge in [-0.1, -0.05) is 6.07 Å². The number of ether oxygens (including phenoxy) is 1. The van der Waals surface area contributed by atoms with Crippen LogP contribution in [0.5, 0.6) is 0 Å². The molecular formula is C15H18F2N2O3. The molecule has 7 heteroatoms. The van der Waals surface area contributed by atoms with E-state index in [1.165, 1.54) is 13.1 Å². The maximum Gasteiger partial charge on any atom is 0.246 e. The van der Waals surface area contributed by atoms with E-state index in [2.05, 4.69) is 10.6 Å². The highest BCUT2D eigenvalue weighted by Gasteiger charge is 2.28. The molecule has 0 spiro atoms. The van der Waals surface area contributed by atoms with Crippen LogP contribution in [0.4, 0.5) is 8.78 Å². The number of halogens is 2. The van der Waals surface area contributed by atoms with Gasteiger partial charge in [0.2, 0.25) is 11.8 Å². The van der Waals surface area contributed by atoms with Gasteiger partial charge >= 0.3 is 0 Å². The molecule has 0 aromatic heterocycles. The Morgan fingerprint density at radius 3 is 2.50 bits per heavy atom. The van der Waals surface area contributed by atoms with Crippen LogP contribution in [0.2, 0.25) is 0 Å². The van der Waals surface area contributed by atoms with Gasteiger partial charge in [-0.2, -0.15) is 0 Å². The Bertz CT molecular complexity index is 560. The zero-order chi connectivity index (χ0) is 16.1. The van der Waals surface area contributed by atoms with E-state index in [1.54, 1.807) is 0 Å². The molecule has 22 heavy (non-hydrogen) atoms. The summed E-state index contributed by atoms with van der Waals surface area (Å²) in [6, 6.07) is 2.07. The zero-order valence-electron chi connectivity index (χ0n) is 12.2. The van der Waals surface area contributed by atoms with Crippen LogP contribution in [-0.2, 0) is 14.3 Å². The Morgan fingerprint density at radius 2 is 1.91 bits per heavy atom. The molecule has 5 nitrogen and oxygen atoms in total. The molecule has 1 aromatic rings. The lowest BCUT2D eigenvalue weighted by Crippen LogP contribution is -2.42. The van der Waals surface area contributed by atoms with Crippen molar-refractivity contribution in [1.29, 1.82) is 0 Å². The smallest absolute Gasteiger partial charge is 0.246 e. The van der Waals surface area contributed by atoms with Gasteiger partial charge in [0, 0.05) is 26.2 Å². The molecule has 1 aliphatic heterocycles.